The SMILES string of the molecule is CC(C)COc1cc(F)cc(-c2ccc(C(=O)NS(=O)(=O)N3CCCC3)c(N3CCCC3c3ccccc3)n2)c1. The lowest BCUT2D eigenvalue weighted by Gasteiger charge is -2.28. The summed E-state index contributed by atoms with van der Waals surface area (Å²) in [5, 5.41) is 0. The maximum absolute atomic E-state index is 14.6. The largest absolute Gasteiger partial charge is 0.493 e. The highest BCUT2D eigenvalue weighted by Crippen LogP contribution is 2.38. The van der Waals surface area contributed by atoms with E-state index in [1.54, 1.807) is 18.2 Å². The summed E-state index contributed by atoms with van der Waals surface area (Å²) in [7, 11) is -3.98. The van der Waals surface area contributed by atoms with Crippen molar-refractivity contribution in [1.29, 1.82) is 0 Å². The zero-order valence-electron chi connectivity index (χ0n) is 22.8. The van der Waals surface area contributed by atoms with Crippen LogP contribution >= 0.6 is 0 Å². The number of nitrogens with zero attached hydrogens (tertiary/aromatic N) is 3. The van der Waals surface area contributed by atoms with Crippen molar-refractivity contribution in [2.75, 3.05) is 31.1 Å². The summed E-state index contributed by atoms with van der Waals surface area (Å²) in [6.45, 7) is 5.88. The first kappa shape index (κ1) is 28.0. The third-order valence-electron chi connectivity index (χ3n) is 7.21. The van der Waals surface area contributed by atoms with Crippen LogP contribution in [0.3, 0.4) is 0 Å². The molecule has 0 aliphatic carbocycles. The molecule has 1 amide bonds. The lowest BCUT2D eigenvalue weighted by Crippen LogP contribution is -2.42. The number of halogens is 1. The lowest BCUT2D eigenvalue weighted by molar-refractivity contribution is 0.0979. The van der Waals surface area contributed by atoms with E-state index in [1.165, 1.54) is 16.4 Å². The van der Waals surface area contributed by atoms with Gasteiger partial charge in [0, 0.05) is 31.3 Å². The van der Waals surface area contributed by atoms with Crippen LogP contribution in [-0.4, -0.2) is 49.9 Å². The number of ether oxygens (including phenoxy) is 1. The second kappa shape index (κ2) is 11.9. The van der Waals surface area contributed by atoms with Crippen LogP contribution in [0.5, 0.6) is 5.75 Å². The predicted molar refractivity (Wildman–Crippen MR) is 153 cm³/mol. The van der Waals surface area contributed by atoms with E-state index in [-0.39, 0.29) is 17.5 Å². The molecule has 5 rings (SSSR count). The number of aromatic nitrogens is 1. The number of rotatable bonds is 9. The highest BCUT2D eigenvalue weighted by Gasteiger charge is 2.33. The number of carbonyl (C=O) groups excluding carboxylic acids is 1. The maximum atomic E-state index is 14.6. The molecule has 8 nitrogen and oxygen atoms in total. The normalized spacial score (nSPS) is 17.9. The zero-order chi connectivity index (χ0) is 28.3. The fourth-order valence-corrected chi connectivity index (χ4v) is 6.48. The van der Waals surface area contributed by atoms with Crippen LogP contribution in [0.15, 0.2) is 60.7 Å². The summed E-state index contributed by atoms with van der Waals surface area (Å²) in [6.07, 6.45) is 3.27. The number of anilines is 1. The molecule has 2 aliphatic heterocycles. The Hall–Kier alpha value is -3.50. The van der Waals surface area contributed by atoms with Gasteiger partial charge in [0.05, 0.1) is 23.9 Å². The Morgan fingerprint density at radius 2 is 1.80 bits per heavy atom. The second-order valence-corrected chi connectivity index (χ2v) is 12.4. The highest BCUT2D eigenvalue weighted by atomic mass is 32.2. The molecule has 3 heterocycles. The quantitative estimate of drug-likeness (QED) is 0.376. The van der Waals surface area contributed by atoms with Gasteiger partial charge in [0.25, 0.3) is 5.91 Å². The molecule has 1 N–H and O–H groups in total. The van der Waals surface area contributed by atoms with E-state index in [4.69, 9.17) is 9.72 Å². The molecule has 212 valence electrons. The van der Waals surface area contributed by atoms with Crippen LogP contribution in [-0.2, 0) is 10.2 Å². The van der Waals surface area contributed by atoms with Crippen LogP contribution in [0.1, 0.15) is 61.5 Å². The molecule has 0 radical (unpaired) electrons. The first-order valence-electron chi connectivity index (χ1n) is 13.8. The third kappa shape index (κ3) is 6.28. The molecule has 0 spiro atoms. The molecule has 1 aromatic heterocycles. The van der Waals surface area contributed by atoms with Crippen molar-refractivity contribution in [3.05, 3.63) is 77.6 Å². The van der Waals surface area contributed by atoms with Gasteiger partial charge in [-0.05, 0) is 61.4 Å². The Morgan fingerprint density at radius 3 is 2.52 bits per heavy atom. The van der Waals surface area contributed by atoms with Crippen LogP contribution in [0.2, 0.25) is 0 Å². The van der Waals surface area contributed by atoms with Crippen molar-refractivity contribution in [3.8, 4) is 17.0 Å². The summed E-state index contributed by atoms with van der Waals surface area (Å²) in [5.41, 5.74) is 2.20. The Kier molecular flexibility index (Phi) is 8.37. The fraction of sp³-hybridized carbons (Fsp3) is 0.400. The molecule has 2 fully saturated rings. The summed E-state index contributed by atoms with van der Waals surface area (Å²) in [5.74, 6) is -0.154. The minimum absolute atomic E-state index is 0.0388. The summed E-state index contributed by atoms with van der Waals surface area (Å²) in [4.78, 5) is 20.4. The first-order valence-corrected chi connectivity index (χ1v) is 15.2. The minimum atomic E-state index is -3.98. The number of amides is 1. The van der Waals surface area contributed by atoms with E-state index in [0.717, 1.165) is 31.2 Å². The van der Waals surface area contributed by atoms with E-state index in [9.17, 15) is 17.6 Å². The highest BCUT2D eigenvalue weighted by molar-refractivity contribution is 7.87. The maximum Gasteiger partial charge on any atom is 0.304 e. The first-order chi connectivity index (χ1) is 19.2. The van der Waals surface area contributed by atoms with Crippen LogP contribution < -0.4 is 14.4 Å². The number of benzene rings is 2. The van der Waals surface area contributed by atoms with Gasteiger partial charge in [0.1, 0.15) is 17.4 Å². The van der Waals surface area contributed by atoms with E-state index < -0.39 is 21.9 Å². The van der Waals surface area contributed by atoms with Gasteiger partial charge in [0.2, 0.25) is 0 Å². The zero-order valence-corrected chi connectivity index (χ0v) is 23.7. The standard InChI is InChI=1S/C30H35FN4O4S/c1-21(2)20-39-25-18-23(17-24(31)19-25)27-13-12-26(30(36)33-40(37,38)34-14-6-7-15-34)29(32-27)35-16-8-11-28(35)22-9-4-3-5-10-22/h3-5,9-10,12-13,17-19,21,28H,6-8,11,14-16,20H2,1-2H3,(H,33,36). The van der Waals surface area contributed by atoms with Crippen molar-refractivity contribution in [3.63, 3.8) is 0 Å². The summed E-state index contributed by atoms with van der Waals surface area (Å²) >= 11 is 0. The summed E-state index contributed by atoms with van der Waals surface area (Å²) < 4.78 is 49.7. The topological polar surface area (TPSA) is 91.8 Å². The molecule has 3 aromatic rings. The number of carbonyl (C=O) groups is 1. The van der Waals surface area contributed by atoms with Crippen molar-refractivity contribution in [2.45, 2.75) is 45.6 Å². The van der Waals surface area contributed by atoms with E-state index >= 15 is 0 Å². The fourth-order valence-electron chi connectivity index (χ4n) is 5.27. The molecular weight excluding hydrogens is 531 g/mol. The summed E-state index contributed by atoms with van der Waals surface area (Å²) in [6, 6.07) is 17.6. The average molecular weight is 567 g/mol. The number of hydrogen-bond acceptors (Lipinski definition) is 6. The molecule has 2 aromatic carbocycles. The molecule has 10 heteroatoms. The smallest absolute Gasteiger partial charge is 0.304 e. The van der Waals surface area contributed by atoms with Gasteiger partial charge in [0.15, 0.2) is 0 Å². The van der Waals surface area contributed by atoms with Gasteiger partial charge >= 0.3 is 10.2 Å². The number of pyridine rings is 1. The van der Waals surface area contributed by atoms with Gasteiger partial charge in [-0.25, -0.2) is 14.1 Å². The van der Waals surface area contributed by atoms with E-state index in [1.807, 2.05) is 49.1 Å². The molecule has 40 heavy (non-hydrogen) atoms. The van der Waals surface area contributed by atoms with Crippen LogP contribution in [0.4, 0.5) is 10.2 Å². The monoisotopic (exact) mass is 566 g/mol. The molecule has 2 aliphatic rings. The number of hydrogen-bond donors (Lipinski definition) is 1. The second-order valence-electron chi connectivity index (χ2n) is 10.8. The van der Waals surface area contributed by atoms with Crippen molar-refractivity contribution >= 4 is 21.9 Å². The van der Waals surface area contributed by atoms with Crippen LogP contribution in [0.25, 0.3) is 11.3 Å². The van der Waals surface area contributed by atoms with Crippen LogP contribution in [0, 0.1) is 11.7 Å². The third-order valence-corrected chi connectivity index (χ3v) is 8.69. The minimum Gasteiger partial charge on any atom is -0.493 e. The Balaban J connectivity index is 1.54. The van der Waals surface area contributed by atoms with E-state index in [2.05, 4.69) is 4.72 Å². The predicted octanol–water partition coefficient (Wildman–Crippen LogP) is 5.33. The van der Waals surface area contributed by atoms with Gasteiger partial charge in [-0.3, -0.25) is 4.79 Å². The number of nitrogens with one attached hydrogen (secondary N) is 1. The van der Waals surface area contributed by atoms with Gasteiger partial charge in [-0.15, -0.1) is 0 Å². The van der Waals surface area contributed by atoms with Crippen molar-refractivity contribution < 1.29 is 22.3 Å². The van der Waals surface area contributed by atoms with Gasteiger partial charge < -0.3 is 9.64 Å². The van der Waals surface area contributed by atoms with Crippen molar-refractivity contribution in [1.82, 2.24) is 14.0 Å². The molecule has 0 saturated carbocycles. The Bertz CT molecular complexity index is 1460. The Labute approximate surface area is 235 Å². The molecule has 1 atom stereocenters. The van der Waals surface area contributed by atoms with Gasteiger partial charge in [-0.2, -0.15) is 12.7 Å². The van der Waals surface area contributed by atoms with E-state index in [0.29, 0.717) is 49.1 Å². The lowest BCUT2D eigenvalue weighted by atomic mass is 10.0. The van der Waals surface area contributed by atoms with Gasteiger partial charge in [-0.1, -0.05) is 44.2 Å². The Morgan fingerprint density at radius 1 is 1.05 bits per heavy atom. The molecular formula is C30H35FN4O4S. The molecule has 2 saturated heterocycles. The molecule has 1 unspecified atom stereocenters. The molecule has 0 bridgehead atoms. The average Bonchev–Trinajstić information content (AvgIpc) is 3.65. The van der Waals surface area contributed by atoms with Crippen molar-refractivity contribution in [2.24, 2.45) is 5.92 Å².